The molecule has 1 aromatic carbocycles. The number of thiophene rings is 1. The van der Waals surface area contributed by atoms with Crippen molar-refractivity contribution < 1.29 is 9.13 Å². The molecule has 0 aliphatic rings. The maximum atomic E-state index is 14.2. The van der Waals surface area contributed by atoms with Crippen molar-refractivity contribution in [3.63, 3.8) is 0 Å². The molecule has 2 rings (SSSR count). The number of ether oxygens (including phenoxy) is 1. The van der Waals surface area contributed by atoms with Crippen molar-refractivity contribution in [2.45, 2.75) is 6.04 Å². The summed E-state index contributed by atoms with van der Waals surface area (Å²) in [6.45, 7) is 0. The molecule has 1 unspecified atom stereocenters. The Morgan fingerprint density at radius 2 is 2.22 bits per heavy atom. The number of hydrogen-bond donors (Lipinski definition) is 2. The zero-order chi connectivity index (χ0) is 13.1. The average molecular weight is 331 g/mol. The Hall–Kier alpha value is -0.950. The average Bonchev–Trinajstić information content (AvgIpc) is 2.79. The molecular formula is C12H12BrFN2OS. The molecule has 18 heavy (non-hydrogen) atoms. The van der Waals surface area contributed by atoms with Crippen LogP contribution < -0.4 is 16.0 Å². The molecule has 6 heteroatoms. The van der Waals surface area contributed by atoms with Crippen LogP contribution in [-0.2, 0) is 0 Å². The summed E-state index contributed by atoms with van der Waals surface area (Å²) in [5, 5.41) is 1.92. The molecule has 0 saturated heterocycles. The van der Waals surface area contributed by atoms with Crippen molar-refractivity contribution in [2.24, 2.45) is 5.84 Å². The molecule has 0 saturated carbocycles. The molecular weight excluding hydrogens is 319 g/mol. The lowest BCUT2D eigenvalue weighted by molar-refractivity contribution is 0.382. The smallest absolute Gasteiger partial charge is 0.170 e. The van der Waals surface area contributed by atoms with Gasteiger partial charge in [0.25, 0.3) is 0 Å². The predicted molar refractivity (Wildman–Crippen MR) is 74.1 cm³/mol. The van der Waals surface area contributed by atoms with Crippen molar-refractivity contribution in [1.29, 1.82) is 0 Å². The number of rotatable bonds is 4. The Kier molecular flexibility index (Phi) is 4.34. The third-order valence-corrected chi connectivity index (χ3v) is 4.53. The highest BCUT2D eigenvalue weighted by atomic mass is 79.9. The van der Waals surface area contributed by atoms with Crippen molar-refractivity contribution in [3.8, 4) is 5.75 Å². The third-order valence-electron chi connectivity index (χ3n) is 2.60. The van der Waals surface area contributed by atoms with E-state index in [1.165, 1.54) is 18.4 Å². The maximum Gasteiger partial charge on any atom is 0.170 e. The quantitative estimate of drug-likeness (QED) is 0.668. The van der Waals surface area contributed by atoms with Crippen LogP contribution in [0.25, 0.3) is 0 Å². The molecule has 1 heterocycles. The molecule has 0 radical (unpaired) electrons. The molecule has 0 amide bonds. The van der Waals surface area contributed by atoms with Crippen LogP contribution in [0.2, 0.25) is 0 Å². The van der Waals surface area contributed by atoms with Gasteiger partial charge < -0.3 is 4.74 Å². The molecule has 0 aliphatic carbocycles. The molecule has 0 aliphatic heterocycles. The normalized spacial score (nSPS) is 12.4. The first-order valence-corrected chi connectivity index (χ1v) is 6.87. The number of hydrogen-bond acceptors (Lipinski definition) is 4. The molecule has 0 fully saturated rings. The lowest BCUT2D eigenvalue weighted by Crippen LogP contribution is -2.29. The van der Waals surface area contributed by atoms with Crippen LogP contribution in [0.1, 0.15) is 16.5 Å². The van der Waals surface area contributed by atoms with E-state index in [-0.39, 0.29) is 5.75 Å². The van der Waals surface area contributed by atoms with Gasteiger partial charge in [0.2, 0.25) is 0 Å². The Morgan fingerprint density at radius 1 is 1.44 bits per heavy atom. The van der Waals surface area contributed by atoms with E-state index < -0.39 is 11.9 Å². The Balaban J connectivity index is 2.49. The molecule has 0 bridgehead atoms. The van der Waals surface area contributed by atoms with Crippen LogP contribution in [0.4, 0.5) is 4.39 Å². The van der Waals surface area contributed by atoms with Gasteiger partial charge in [-0.2, -0.15) is 0 Å². The van der Waals surface area contributed by atoms with Gasteiger partial charge >= 0.3 is 0 Å². The molecule has 1 aromatic heterocycles. The van der Waals surface area contributed by atoms with Crippen molar-refractivity contribution in [2.75, 3.05) is 7.11 Å². The lowest BCUT2D eigenvalue weighted by atomic mass is 10.0. The van der Waals surface area contributed by atoms with Crippen LogP contribution in [-0.4, -0.2) is 7.11 Å². The summed E-state index contributed by atoms with van der Waals surface area (Å²) in [6, 6.07) is 6.50. The van der Waals surface area contributed by atoms with Gasteiger partial charge in [0, 0.05) is 14.9 Å². The van der Waals surface area contributed by atoms with Gasteiger partial charge in [-0.3, -0.25) is 5.84 Å². The van der Waals surface area contributed by atoms with Gasteiger partial charge in [-0.15, -0.1) is 11.3 Å². The second kappa shape index (κ2) is 5.79. The Bertz CT molecular complexity index is 547. The van der Waals surface area contributed by atoms with Crippen LogP contribution in [0.15, 0.2) is 34.1 Å². The van der Waals surface area contributed by atoms with Gasteiger partial charge in [-0.25, -0.2) is 9.82 Å². The molecule has 3 nitrogen and oxygen atoms in total. The Morgan fingerprint density at radius 3 is 2.78 bits per heavy atom. The summed E-state index contributed by atoms with van der Waals surface area (Å²) in [5.74, 6) is 5.36. The predicted octanol–water partition coefficient (Wildman–Crippen LogP) is 3.21. The van der Waals surface area contributed by atoms with E-state index >= 15 is 0 Å². The summed E-state index contributed by atoms with van der Waals surface area (Å²) >= 11 is 4.93. The van der Waals surface area contributed by atoms with Crippen LogP contribution in [0.3, 0.4) is 0 Å². The first-order chi connectivity index (χ1) is 8.69. The monoisotopic (exact) mass is 330 g/mol. The Labute approximate surface area is 117 Å². The van der Waals surface area contributed by atoms with E-state index in [0.29, 0.717) is 5.56 Å². The van der Waals surface area contributed by atoms with Crippen LogP contribution >= 0.6 is 27.3 Å². The van der Waals surface area contributed by atoms with Crippen LogP contribution in [0.5, 0.6) is 5.75 Å². The minimum absolute atomic E-state index is 0.209. The first kappa shape index (κ1) is 13.5. The zero-order valence-corrected chi connectivity index (χ0v) is 12.0. The molecule has 0 spiro atoms. The van der Waals surface area contributed by atoms with Gasteiger partial charge in [-0.1, -0.05) is 12.1 Å². The SMILES string of the molecule is COc1cccc(C(NN)c2sccc2Br)c1F. The topological polar surface area (TPSA) is 47.3 Å². The number of nitrogens with one attached hydrogen (secondary N) is 1. The number of halogens is 2. The molecule has 2 aromatic rings. The van der Waals surface area contributed by atoms with E-state index in [1.54, 1.807) is 18.2 Å². The largest absolute Gasteiger partial charge is 0.494 e. The standard InChI is InChI=1S/C12H12BrFN2OS/c1-17-9-4-2-3-7(10(9)14)11(16-15)12-8(13)5-6-18-12/h2-6,11,16H,15H2,1H3. The van der Waals surface area contributed by atoms with Gasteiger partial charge in [0.1, 0.15) is 0 Å². The van der Waals surface area contributed by atoms with E-state index in [0.717, 1.165) is 9.35 Å². The minimum atomic E-state index is -0.408. The minimum Gasteiger partial charge on any atom is -0.494 e. The number of benzene rings is 1. The molecule has 1 atom stereocenters. The maximum absolute atomic E-state index is 14.2. The highest BCUT2D eigenvalue weighted by Gasteiger charge is 2.21. The fraction of sp³-hybridized carbons (Fsp3) is 0.167. The van der Waals surface area contributed by atoms with E-state index in [4.69, 9.17) is 10.6 Å². The highest BCUT2D eigenvalue weighted by molar-refractivity contribution is 9.10. The number of hydrazine groups is 1. The summed E-state index contributed by atoms with van der Waals surface area (Å²) in [6.07, 6.45) is 0. The molecule has 3 N–H and O–H groups in total. The van der Waals surface area contributed by atoms with Crippen molar-refractivity contribution >= 4 is 27.3 Å². The van der Waals surface area contributed by atoms with Gasteiger partial charge in [-0.05, 0) is 33.4 Å². The first-order valence-electron chi connectivity index (χ1n) is 5.20. The summed E-state index contributed by atoms with van der Waals surface area (Å²) in [7, 11) is 1.44. The van der Waals surface area contributed by atoms with Crippen molar-refractivity contribution in [3.05, 3.63) is 50.4 Å². The van der Waals surface area contributed by atoms with E-state index in [1.807, 2.05) is 11.4 Å². The highest BCUT2D eigenvalue weighted by Crippen LogP contribution is 2.35. The van der Waals surface area contributed by atoms with Crippen molar-refractivity contribution in [1.82, 2.24) is 5.43 Å². The fourth-order valence-corrected chi connectivity index (χ4v) is 3.41. The second-order valence-electron chi connectivity index (χ2n) is 3.60. The number of methoxy groups -OCH3 is 1. The summed E-state index contributed by atoms with van der Waals surface area (Å²) in [5.41, 5.74) is 3.10. The van der Waals surface area contributed by atoms with E-state index in [9.17, 15) is 4.39 Å². The lowest BCUT2D eigenvalue weighted by Gasteiger charge is -2.17. The van der Waals surface area contributed by atoms with Gasteiger partial charge in [0.15, 0.2) is 11.6 Å². The van der Waals surface area contributed by atoms with E-state index in [2.05, 4.69) is 21.4 Å². The fourth-order valence-electron chi connectivity index (χ4n) is 1.73. The summed E-state index contributed by atoms with van der Waals surface area (Å²) in [4.78, 5) is 0.921. The third kappa shape index (κ3) is 2.42. The summed E-state index contributed by atoms with van der Waals surface area (Å²) < 4.78 is 20.1. The van der Waals surface area contributed by atoms with Crippen LogP contribution in [0, 0.1) is 5.82 Å². The second-order valence-corrected chi connectivity index (χ2v) is 5.40. The zero-order valence-electron chi connectivity index (χ0n) is 9.61. The van der Waals surface area contributed by atoms with Gasteiger partial charge in [0.05, 0.1) is 13.2 Å². The number of nitrogens with two attached hydrogens (primary N) is 1. The molecule has 96 valence electrons.